The number of nitrogens with zero attached hydrogens (tertiary/aromatic N) is 3. The van der Waals surface area contributed by atoms with Gasteiger partial charge in [-0.15, -0.1) is 0 Å². The van der Waals surface area contributed by atoms with Gasteiger partial charge >= 0.3 is 0 Å². The van der Waals surface area contributed by atoms with Crippen molar-refractivity contribution >= 4 is 23.3 Å². The molecule has 0 aliphatic heterocycles. The third-order valence-corrected chi connectivity index (χ3v) is 2.50. The second kappa shape index (κ2) is 4.14. The van der Waals surface area contributed by atoms with E-state index >= 15 is 0 Å². The van der Waals surface area contributed by atoms with Crippen molar-refractivity contribution in [3.63, 3.8) is 0 Å². The molecule has 0 atom stereocenters. The maximum Gasteiger partial charge on any atom is 0.193 e. The fourth-order valence-electron chi connectivity index (χ4n) is 0.955. The summed E-state index contributed by atoms with van der Waals surface area (Å²) < 4.78 is 0. The Balaban J connectivity index is 2.22. The van der Waals surface area contributed by atoms with E-state index in [1.807, 2.05) is 0 Å². The van der Waals surface area contributed by atoms with Gasteiger partial charge in [-0.2, -0.15) is 0 Å². The maximum absolute atomic E-state index is 5.58. The van der Waals surface area contributed by atoms with Crippen LogP contribution in [-0.2, 0) is 0 Å². The van der Waals surface area contributed by atoms with Gasteiger partial charge in [-0.1, -0.05) is 0 Å². The fraction of sp³-hybridized carbons (Fsp3) is 0. The minimum Gasteiger partial charge on any atom is -0.396 e. The second-order valence-corrected chi connectivity index (χ2v) is 3.74. The summed E-state index contributed by atoms with van der Waals surface area (Å²) in [6.07, 6.45) is 3.35. The van der Waals surface area contributed by atoms with Crippen LogP contribution in [0.1, 0.15) is 0 Å². The first-order valence-corrected chi connectivity index (χ1v) is 5.04. The summed E-state index contributed by atoms with van der Waals surface area (Å²) in [5, 5.41) is 1.36. The van der Waals surface area contributed by atoms with E-state index in [1.54, 1.807) is 30.6 Å². The van der Waals surface area contributed by atoms with Crippen molar-refractivity contribution in [1.82, 2.24) is 15.0 Å². The highest BCUT2D eigenvalue weighted by atomic mass is 32.2. The van der Waals surface area contributed by atoms with E-state index in [0.29, 0.717) is 16.7 Å². The van der Waals surface area contributed by atoms with Gasteiger partial charge in [0.15, 0.2) is 5.16 Å². The van der Waals surface area contributed by atoms with Crippen molar-refractivity contribution < 1.29 is 0 Å². The molecule has 6 heteroatoms. The summed E-state index contributed by atoms with van der Waals surface area (Å²) in [4.78, 5) is 12.2. The highest BCUT2D eigenvalue weighted by Crippen LogP contribution is 2.24. The van der Waals surface area contributed by atoms with Gasteiger partial charge in [0.25, 0.3) is 0 Å². The maximum atomic E-state index is 5.58. The van der Waals surface area contributed by atoms with Gasteiger partial charge in [-0.25, -0.2) is 15.0 Å². The lowest BCUT2D eigenvalue weighted by Gasteiger charge is -2.01. The van der Waals surface area contributed by atoms with Gasteiger partial charge in [-0.3, -0.25) is 0 Å². The second-order valence-electron chi connectivity index (χ2n) is 2.76. The minimum atomic E-state index is 0.330. The summed E-state index contributed by atoms with van der Waals surface area (Å²) in [6.45, 7) is 0. The van der Waals surface area contributed by atoms with E-state index in [1.165, 1.54) is 11.8 Å². The Bertz CT molecular complexity index is 459. The lowest BCUT2D eigenvalue weighted by atomic mass is 10.4. The van der Waals surface area contributed by atoms with Crippen LogP contribution in [0, 0.1) is 0 Å². The lowest BCUT2D eigenvalue weighted by molar-refractivity contribution is 0.961. The van der Waals surface area contributed by atoms with Crippen LogP contribution in [0.3, 0.4) is 0 Å². The average Bonchev–Trinajstić information content (AvgIpc) is 2.25. The molecule has 0 fully saturated rings. The quantitative estimate of drug-likeness (QED) is 0.737. The van der Waals surface area contributed by atoms with Gasteiger partial charge < -0.3 is 11.5 Å². The van der Waals surface area contributed by atoms with Crippen LogP contribution in [0.15, 0.2) is 40.8 Å². The van der Waals surface area contributed by atoms with Crippen LogP contribution >= 0.6 is 11.8 Å². The van der Waals surface area contributed by atoms with Crippen molar-refractivity contribution in [2.24, 2.45) is 0 Å². The number of rotatable bonds is 2. The molecule has 76 valence electrons. The molecule has 0 bridgehead atoms. The van der Waals surface area contributed by atoms with E-state index in [4.69, 9.17) is 11.5 Å². The molecule has 2 heterocycles. The molecule has 0 radical (unpaired) electrons. The molecule has 0 unspecified atom stereocenters. The molecule has 0 aliphatic carbocycles. The minimum absolute atomic E-state index is 0.330. The molecule has 5 nitrogen and oxygen atoms in total. The number of aromatic nitrogens is 3. The third-order valence-electron chi connectivity index (χ3n) is 1.67. The molecule has 15 heavy (non-hydrogen) atoms. The highest BCUT2D eigenvalue weighted by Gasteiger charge is 2.02. The largest absolute Gasteiger partial charge is 0.396 e. The zero-order chi connectivity index (χ0) is 10.7. The predicted molar refractivity (Wildman–Crippen MR) is 59.2 cm³/mol. The molecule has 4 N–H and O–H groups in total. The van der Waals surface area contributed by atoms with E-state index in [9.17, 15) is 0 Å². The summed E-state index contributed by atoms with van der Waals surface area (Å²) in [5.41, 5.74) is 11.6. The van der Waals surface area contributed by atoms with Crippen molar-refractivity contribution in [3.05, 3.63) is 30.6 Å². The molecule has 0 saturated heterocycles. The Morgan fingerprint density at radius 1 is 1.07 bits per heavy atom. The molecule has 2 aromatic rings. The first-order chi connectivity index (χ1) is 7.25. The van der Waals surface area contributed by atoms with Gasteiger partial charge in [0.2, 0.25) is 0 Å². The SMILES string of the molecule is Nc1ccc(Sc2ncccn2)nc1N. The Labute approximate surface area is 91.0 Å². The fourth-order valence-corrected chi connectivity index (χ4v) is 1.65. The van der Waals surface area contributed by atoms with Crippen molar-refractivity contribution in [3.8, 4) is 0 Å². The first-order valence-electron chi connectivity index (χ1n) is 4.22. The smallest absolute Gasteiger partial charge is 0.193 e. The summed E-state index contributed by atoms with van der Waals surface area (Å²) in [5.74, 6) is 0.330. The van der Waals surface area contributed by atoms with Crippen molar-refractivity contribution in [1.29, 1.82) is 0 Å². The van der Waals surface area contributed by atoms with E-state index in [0.717, 1.165) is 5.03 Å². The Morgan fingerprint density at radius 3 is 2.47 bits per heavy atom. The average molecular weight is 219 g/mol. The monoisotopic (exact) mass is 219 g/mol. The number of nitrogens with two attached hydrogens (primary N) is 2. The molecule has 0 aliphatic rings. The zero-order valence-corrected chi connectivity index (χ0v) is 8.61. The molecule has 2 aromatic heterocycles. The highest BCUT2D eigenvalue weighted by molar-refractivity contribution is 7.99. The molecule has 0 spiro atoms. The third kappa shape index (κ3) is 2.35. The predicted octanol–water partition coefficient (Wildman–Crippen LogP) is 1.19. The topological polar surface area (TPSA) is 90.7 Å². The first kappa shape index (κ1) is 9.72. The number of nitrogen functional groups attached to an aromatic ring is 2. The van der Waals surface area contributed by atoms with Crippen LogP contribution in [0.4, 0.5) is 11.5 Å². The Morgan fingerprint density at radius 2 is 1.80 bits per heavy atom. The molecule has 2 rings (SSSR count). The zero-order valence-electron chi connectivity index (χ0n) is 7.79. The summed E-state index contributed by atoms with van der Waals surface area (Å²) >= 11 is 1.34. The summed E-state index contributed by atoms with van der Waals surface area (Å²) in [6, 6.07) is 5.26. The molecule has 0 aromatic carbocycles. The molecular weight excluding hydrogens is 210 g/mol. The number of hydrogen-bond acceptors (Lipinski definition) is 6. The van der Waals surface area contributed by atoms with E-state index in [2.05, 4.69) is 15.0 Å². The van der Waals surface area contributed by atoms with Crippen LogP contribution in [0.5, 0.6) is 0 Å². The van der Waals surface area contributed by atoms with Crippen LogP contribution < -0.4 is 11.5 Å². The van der Waals surface area contributed by atoms with Crippen LogP contribution in [-0.4, -0.2) is 15.0 Å². The Hall–Kier alpha value is -1.82. The van der Waals surface area contributed by atoms with Crippen molar-refractivity contribution in [2.45, 2.75) is 10.2 Å². The summed E-state index contributed by atoms with van der Waals surface area (Å²) in [7, 11) is 0. The normalized spacial score (nSPS) is 10.1. The molecule has 0 amide bonds. The van der Waals surface area contributed by atoms with Crippen LogP contribution in [0.25, 0.3) is 0 Å². The van der Waals surface area contributed by atoms with Gasteiger partial charge in [0.05, 0.1) is 5.69 Å². The standard InChI is InChI=1S/C9H9N5S/c10-6-2-3-7(14-8(6)11)15-9-12-4-1-5-13-9/h1-5H,10H2,(H2,11,14). The lowest BCUT2D eigenvalue weighted by Crippen LogP contribution is -1.98. The molecule has 0 saturated carbocycles. The van der Waals surface area contributed by atoms with Gasteiger partial charge in [0.1, 0.15) is 10.8 Å². The van der Waals surface area contributed by atoms with E-state index in [-0.39, 0.29) is 0 Å². The van der Waals surface area contributed by atoms with Crippen molar-refractivity contribution in [2.75, 3.05) is 11.5 Å². The van der Waals surface area contributed by atoms with Crippen LogP contribution in [0.2, 0.25) is 0 Å². The van der Waals surface area contributed by atoms with Gasteiger partial charge in [0, 0.05) is 12.4 Å². The van der Waals surface area contributed by atoms with E-state index < -0.39 is 0 Å². The number of anilines is 2. The van der Waals surface area contributed by atoms with Gasteiger partial charge in [-0.05, 0) is 30.0 Å². The number of pyridine rings is 1. The number of hydrogen-bond donors (Lipinski definition) is 2. The Kier molecular flexibility index (Phi) is 2.68. The molecular formula is C9H9N5S.